The summed E-state index contributed by atoms with van der Waals surface area (Å²) in [6.45, 7) is 0.813. The van der Waals surface area contributed by atoms with Gasteiger partial charge in [0.05, 0.1) is 10.9 Å². The van der Waals surface area contributed by atoms with Gasteiger partial charge in [-0.15, -0.1) is 0 Å². The van der Waals surface area contributed by atoms with Gasteiger partial charge in [-0.3, -0.25) is 9.36 Å². The highest BCUT2D eigenvalue weighted by molar-refractivity contribution is 9.10. The molecule has 0 aliphatic carbocycles. The molecule has 3 rings (SSSR count). The molecule has 1 aromatic heterocycles. The van der Waals surface area contributed by atoms with Crippen LogP contribution < -0.4 is 5.56 Å². The van der Waals surface area contributed by atoms with Crippen molar-refractivity contribution >= 4 is 26.8 Å². The fraction of sp³-hybridized carbons (Fsp3) is 0.385. The molecule has 0 saturated heterocycles. The molecule has 1 aliphatic heterocycles. The molecule has 0 bridgehead atoms. The van der Waals surface area contributed by atoms with E-state index in [1.165, 1.54) is 6.42 Å². The minimum atomic E-state index is 0.111. The highest BCUT2D eigenvalue weighted by Crippen LogP contribution is 2.18. The zero-order valence-electron chi connectivity index (χ0n) is 9.45. The third-order valence-electron chi connectivity index (χ3n) is 3.28. The van der Waals surface area contributed by atoms with Gasteiger partial charge in [0.1, 0.15) is 5.82 Å². The molecular weight excluding hydrogens is 280 g/mol. The Labute approximate surface area is 108 Å². The molecule has 0 atom stereocenters. The summed E-state index contributed by atoms with van der Waals surface area (Å²) in [5.41, 5.74) is 0.914. The predicted molar refractivity (Wildman–Crippen MR) is 71.3 cm³/mol. The summed E-state index contributed by atoms with van der Waals surface area (Å²) in [5.74, 6) is 0.943. The number of hydrogen-bond donors (Lipinski definition) is 0. The molecular formula is C13H13BrN2O. The molecule has 0 fully saturated rings. The van der Waals surface area contributed by atoms with Gasteiger partial charge in [-0.1, -0.05) is 22.4 Å². The molecule has 1 aromatic carbocycles. The van der Waals surface area contributed by atoms with Crippen LogP contribution in [0.5, 0.6) is 0 Å². The lowest BCUT2D eigenvalue weighted by molar-refractivity contribution is 0.614. The summed E-state index contributed by atoms with van der Waals surface area (Å²) in [6.07, 6.45) is 4.31. The molecule has 0 unspecified atom stereocenters. The van der Waals surface area contributed by atoms with E-state index in [0.29, 0.717) is 0 Å². The summed E-state index contributed by atoms with van der Waals surface area (Å²) >= 11 is 3.42. The predicted octanol–water partition coefficient (Wildman–Crippen LogP) is 2.89. The van der Waals surface area contributed by atoms with Crippen LogP contribution in [-0.2, 0) is 13.0 Å². The first kappa shape index (κ1) is 11.0. The fourth-order valence-electron chi connectivity index (χ4n) is 2.39. The number of benzene rings is 1. The van der Waals surface area contributed by atoms with Gasteiger partial charge < -0.3 is 0 Å². The molecule has 0 saturated carbocycles. The van der Waals surface area contributed by atoms with Crippen molar-refractivity contribution in [3.05, 3.63) is 38.9 Å². The minimum absolute atomic E-state index is 0.111. The van der Waals surface area contributed by atoms with Gasteiger partial charge in [0.15, 0.2) is 0 Å². The van der Waals surface area contributed by atoms with Crippen LogP contribution in [0, 0.1) is 0 Å². The lowest BCUT2D eigenvalue weighted by Crippen LogP contribution is -2.24. The number of hydrogen-bond acceptors (Lipinski definition) is 2. The average Bonchev–Trinajstić information content (AvgIpc) is 2.54. The lowest BCUT2D eigenvalue weighted by Gasteiger charge is -2.09. The Balaban J connectivity index is 2.33. The molecule has 0 amide bonds. The van der Waals surface area contributed by atoms with Crippen LogP contribution >= 0.6 is 15.9 Å². The van der Waals surface area contributed by atoms with E-state index in [2.05, 4.69) is 20.9 Å². The van der Waals surface area contributed by atoms with Gasteiger partial charge in [0.2, 0.25) is 0 Å². The number of fused-ring (bicyclic) bond motifs is 2. The quantitative estimate of drug-likeness (QED) is 0.748. The van der Waals surface area contributed by atoms with Crippen LogP contribution in [0.3, 0.4) is 0 Å². The van der Waals surface area contributed by atoms with Crippen LogP contribution in [0.25, 0.3) is 10.9 Å². The van der Waals surface area contributed by atoms with Crippen LogP contribution in [0.1, 0.15) is 25.1 Å². The van der Waals surface area contributed by atoms with E-state index < -0.39 is 0 Å². The average molecular weight is 293 g/mol. The van der Waals surface area contributed by atoms with E-state index in [9.17, 15) is 4.79 Å². The van der Waals surface area contributed by atoms with Crippen LogP contribution in [0.2, 0.25) is 0 Å². The van der Waals surface area contributed by atoms with Crippen molar-refractivity contribution in [3.8, 4) is 0 Å². The maximum absolute atomic E-state index is 12.3. The van der Waals surface area contributed by atoms with E-state index in [1.807, 2.05) is 22.8 Å². The van der Waals surface area contributed by atoms with E-state index in [-0.39, 0.29) is 5.56 Å². The first-order valence-electron chi connectivity index (χ1n) is 5.95. The molecule has 0 N–H and O–H groups in total. The van der Waals surface area contributed by atoms with Crippen molar-refractivity contribution in [1.29, 1.82) is 0 Å². The third kappa shape index (κ3) is 1.90. The Morgan fingerprint density at radius 3 is 3.00 bits per heavy atom. The molecule has 88 valence electrons. The molecule has 2 heterocycles. The topological polar surface area (TPSA) is 34.9 Å². The molecule has 4 heteroatoms. The maximum Gasteiger partial charge on any atom is 0.261 e. The van der Waals surface area contributed by atoms with Gasteiger partial charge in [-0.2, -0.15) is 0 Å². The SMILES string of the molecule is O=c1c2ccc(Br)cc2nc2n1CCCCC2. The largest absolute Gasteiger partial charge is 0.296 e. The number of aryl methyl sites for hydroxylation is 1. The fourth-order valence-corrected chi connectivity index (χ4v) is 2.74. The highest BCUT2D eigenvalue weighted by atomic mass is 79.9. The normalized spacial score (nSPS) is 15.6. The molecule has 17 heavy (non-hydrogen) atoms. The summed E-state index contributed by atoms with van der Waals surface area (Å²) in [7, 11) is 0. The maximum atomic E-state index is 12.3. The standard InChI is InChI=1S/C13H13BrN2O/c14-9-5-6-10-11(8-9)15-12-4-2-1-3-7-16(12)13(10)17/h5-6,8H,1-4,7H2. The number of halogens is 1. The van der Waals surface area contributed by atoms with Gasteiger partial charge in [-0.05, 0) is 31.0 Å². The highest BCUT2D eigenvalue weighted by Gasteiger charge is 2.13. The lowest BCUT2D eigenvalue weighted by atomic mass is 10.2. The Kier molecular flexibility index (Phi) is 2.74. The molecule has 2 aromatic rings. The zero-order chi connectivity index (χ0) is 11.8. The molecule has 3 nitrogen and oxygen atoms in total. The van der Waals surface area contributed by atoms with Crippen molar-refractivity contribution in [2.75, 3.05) is 0 Å². The Morgan fingerprint density at radius 2 is 2.12 bits per heavy atom. The number of nitrogens with zero attached hydrogens (tertiary/aromatic N) is 2. The smallest absolute Gasteiger partial charge is 0.261 e. The third-order valence-corrected chi connectivity index (χ3v) is 3.77. The Morgan fingerprint density at radius 1 is 1.24 bits per heavy atom. The first-order chi connectivity index (χ1) is 8.25. The summed E-state index contributed by atoms with van der Waals surface area (Å²) < 4.78 is 2.82. The van der Waals surface area contributed by atoms with E-state index >= 15 is 0 Å². The molecule has 0 spiro atoms. The summed E-state index contributed by atoms with van der Waals surface area (Å²) in [6, 6.07) is 5.67. The number of aromatic nitrogens is 2. The van der Waals surface area contributed by atoms with Crippen molar-refractivity contribution < 1.29 is 0 Å². The summed E-state index contributed by atoms with van der Waals surface area (Å²) in [5, 5.41) is 0.721. The molecule has 0 radical (unpaired) electrons. The van der Waals surface area contributed by atoms with Crippen LogP contribution in [0.15, 0.2) is 27.5 Å². The van der Waals surface area contributed by atoms with Gasteiger partial charge >= 0.3 is 0 Å². The van der Waals surface area contributed by atoms with Crippen molar-refractivity contribution in [3.63, 3.8) is 0 Å². The second-order valence-corrected chi connectivity index (χ2v) is 5.37. The van der Waals surface area contributed by atoms with Crippen molar-refractivity contribution in [1.82, 2.24) is 9.55 Å². The second-order valence-electron chi connectivity index (χ2n) is 4.46. The van der Waals surface area contributed by atoms with E-state index in [4.69, 9.17) is 0 Å². The Bertz CT molecular complexity index is 633. The van der Waals surface area contributed by atoms with Gasteiger partial charge in [-0.25, -0.2) is 4.98 Å². The first-order valence-corrected chi connectivity index (χ1v) is 6.74. The van der Waals surface area contributed by atoms with Crippen molar-refractivity contribution in [2.45, 2.75) is 32.2 Å². The zero-order valence-corrected chi connectivity index (χ0v) is 11.0. The molecule has 1 aliphatic rings. The van der Waals surface area contributed by atoms with Crippen molar-refractivity contribution in [2.24, 2.45) is 0 Å². The van der Waals surface area contributed by atoms with Crippen LogP contribution in [-0.4, -0.2) is 9.55 Å². The van der Waals surface area contributed by atoms with E-state index in [1.54, 1.807) is 0 Å². The number of rotatable bonds is 0. The van der Waals surface area contributed by atoms with E-state index in [0.717, 1.165) is 47.0 Å². The summed E-state index contributed by atoms with van der Waals surface area (Å²) in [4.78, 5) is 17.0. The minimum Gasteiger partial charge on any atom is -0.296 e. The van der Waals surface area contributed by atoms with Gasteiger partial charge in [0.25, 0.3) is 5.56 Å². The monoisotopic (exact) mass is 292 g/mol. The van der Waals surface area contributed by atoms with Gasteiger partial charge in [0, 0.05) is 17.4 Å². The van der Waals surface area contributed by atoms with Crippen LogP contribution in [0.4, 0.5) is 0 Å². The second kappa shape index (κ2) is 4.26. The Hall–Kier alpha value is -1.16.